The highest BCUT2D eigenvalue weighted by Crippen LogP contribution is 2.10. The zero-order valence-electron chi connectivity index (χ0n) is 10.3. The van der Waals surface area contributed by atoms with Crippen molar-refractivity contribution in [3.8, 4) is 0 Å². The van der Waals surface area contributed by atoms with Crippen LogP contribution >= 0.6 is 11.8 Å². The number of thioether (sulfide) groups is 1. The van der Waals surface area contributed by atoms with Gasteiger partial charge < -0.3 is 0 Å². The van der Waals surface area contributed by atoms with E-state index in [4.69, 9.17) is 9.93 Å². The molecule has 0 atom stereocenters. The monoisotopic (exact) mass is 234 g/mol. The van der Waals surface area contributed by atoms with Gasteiger partial charge in [0, 0.05) is 9.93 Å². The van der Waals surface area contributed by atoms with Gasteiger partial charge in [0.25, 0.3) is 0 Å². The minimum Gasteiger partial charge on any atom is -0.165 e. The molecular weight excluding hydrogens is 208 g/mol. The lowest BCUT2D eigenvalue weighted by Crippen LogP contribution is -1.82. The second-order valence-corrected chi connectivity index (χ2v) is 4.81. The minimum absolute atomic E-state index is 1.36. The van der Waals surface area contributed by atoms with E-state index in [0.717, 1.165) is 0 Å². The molecule has 2 nitrogen and oxygen atoms in total. The van der Waals surface area contributed by atoms with Crippen molar-refractivity contribution in [2.45, 2.75) is 64.7 Å². The van der Waals surface area contributed by atoms with Gasteiger partial charge in [0.1, 0.15) is 0 Å². The van der Waals surface area contributed by atoms with Crippen molar-refractivity contribution in [1.29, 1.82) is 0 Å². The van der Waals surface area contributed by atoms with Gasteiger partial charge >= 0.3 is 0 Å². The topological polar surface area (TPSA) is 34.1 Å². The first-order valence-electron chi connectivity index (χ1n) is 6.07. The average molecular weight is 234 g/mol. The van der Waals surface area contributed by atoms with Crippen LogP contribution in [0.2, 0.25) is 0 Å². The quantitative estimate of drug-likeness (QED) is 0.502. The average Bonchev–Trinajstić information content (AvgIpc) is 2.30. The number of hydrogen-bond acceptors (Lipinski definition) is 3. The van der Waals surface area contributed by atoms with E-state index in [-0.39, 0.29) is 0 Å². The molecule has 0 radical (unpaired) electrons. The van der Waals surface area contributed by atoms with E-state index in [9.17, 15) is 0 Å². The zero-order valence-corrected chi connectivity index (χ0v) is 11.1. The van der Waals surface area contributed by atoms with E-state index in [1.807, 2.05) is 11.8 Å². The molecule has 15 heavy (non-hydrogen) atoms. The third kappa shape index (κ3) is 20.1. The molecule has 0 aromatic carbocycles. The molecule has 0 aliphatic rings. The van der Waals surface area contributed by atoms with Crippen molar-refractivity contribution in [3.05, 3.63) is 9.93 Å². The van der Waals surface area contributed by atoms with Gasteiger partial charge in [-0.2, -0.15) is 11.8 Å². The lowest BCUT2D eigenvalue weighted by molar-refractivity contribution is 0.573. The van der Waals surface area contributed by atoms with Gasteiger partial charge in [-0.05, 0) is 18.4 Å². The van der Waals surface area contributed by atoms with Crippen molar-refractivity contribution >= 4 is 11.8 Å². The molecule has 0 amide bonds. The van der Waals surface area contributed by atoms with Gasteiger partial charge in [0.05, 0.1) is 0 Å². The highest BCUT2D eigenvalue weighted by molar-refractivity contribution is 7.98. The fourth-order valence-corrected chi connectivity index (χ4v) is 2.05. The molecule has 0 saturated carbocycles. The highest BCUT2D eigenvalue weighted by atomic mass is 32.2. The Bertz CT molecular complexity index is 89.6. The Labute approximate surface area is 98.8 Å². The molecule has 0 bridgehead atoms. The van der Waals surface area contributed by atoms with Crippen LogP contribution in [0.4, 0.5) is 0 Å². The number of hydrogen-bond donors (Lipinski definition) is 0. The van der Waals surface area contributed by atoms with Gasteiger partial charge in [-0.15, -0.1) is 0 Å². The van der Waals surface area contributed by atoms with Crippen LogP contribution in [0.15, 0.2) is 0 Å². The zero-order chi connectivity index (χ0) is 11.8. The Kier molecular flexibility index (Phi) is 22.6. The summed E-state index contributed by atoms with van der Waals surface area (Å²) in [6.07, 6.45) is 15.2. The minimum atomic E-state index is 1.36. The van der Waals surface area contributed by atoms with Crippen LogP contribution in [0.3, 0.4) is 0 Å². The lowest BCUT2D eigenvalue weighted by Gasteiger charge is -2.00. The maximum absolute atomic E-state index is 7.00. The van der Waals surface area contributed by atoms with Crippen LogP contribution in [-0.4, -0.2) is 12.0 Å². The highest BCUT2D eigenvalue weighted by Gasteiger charge is 1.91. The fourth-order valence-electron chi connectivity index (χ4n) is 1.56. The summed E-state index contributed by atoms with van der Waals surface area (Å²) in [6.45, 7) is 2.28. The summed E-state index contributed by atoms with van der Waals surface area (Å²) in [7, 11) is 0. The van der Waals surface area contributed by atoms with Crippen molar-refractivity contribution in [2.24, 2.45) is 0 Å². The summed E-state index contributed by atoms with van der Waals surface area (Å²) in [6, 6.07) is 0. The summed E-state index contributed by atoms with van der Waals surface area (Å²) in [5, 5.41) is 0. The van der Waals surface area contributed by atoms with Gasteiger partial charge in [0.15, 0.2) is 0 Å². The first-order valence-corrected chi connectivity index (χ1v) is 7.46. The normalized spacial score (nSPS) is 9.47. The first kappa shape index (κ1) is 17.3. The van der Waals surface area contributed by atoms with Crippen molar-refractivity contribution in [1.82, 2.24) is 0 Å². The summed E-state index contributed by atoms with van der Waals surface area (Å²) in [5.41, 5.74) is 0. The van der Waals surface area contributed by atoms with Crippen LogP contribution in [0.25, 0.3) is 0 Å². The van der Waals surface area contributed by atoms with Crippen molar-refractivity contribution < 1.29 is 0 Å². The summed E-state index contributed by atoms with van der Waals surface area (Å²) >= 11 is 1.98. The Morgan fingerprint density at radius 1 is 0.733 bits per heavy atom. The standard InChI is InChI=1S/C12H26S.O2/c1-3-4-5-6-7-8-9-10-11-12-13-2;1-2/h3-12H2,1-2H3;. The lowest BCUT2D eigenvalue weighted by atomic mass is 10.1. The van der Waals surface area contributed by atoms with Gasteiger partial charge in [-0.1, -0.05) is 58.3 Å². The molecule has 92 valence electrons. The molecule has 3 heteroatoms. The molecule has 0 unspecified atom stereocenters. The summed E-state index contributed by atoms with van der Waals surface area (Å²) in [4.78, 5) is 14.0. The third-order valence-electron chi connectivity index (χ3n) is 2.45. The van der Waals surface area contributed by atoms with Crippen molar-refractivity contribution in [3.63, 3.8) is 0 Å². The molecule has 0 spiro atoms. The van der Waals surface area contributed by atoms with Crippen LogP contribution in [-0.2, 0) is 0 Å². The van der Waals surface area contributed by atoms with E-state index in [0.29, 0.717) is 0 Å². The van der Waals surface area contributed by atoms with E-state index in [1.165, 1.54) is 63.5 Å². The largest absolute Gasteiger partial charge is 0.165 e. The van der Waals surface area contributed by atoms with Gasteiger partial charge in [-0.3, -0.25) is 0 Å². The predicted octanol–water partition coefficient (Wildman–Crippen LogP) is 4.95. The van der Waals surface area contributed by atoms with Gasteiger partial charge in [-0.25, -0.2) is 0 Å². The molecule has 0 heterocycles. The molecule has 0 aromatic heterocycles. The van der Waals surface area contributed by atoms with Gasteiger partial charge in [0.2, 0.25) is 0 Å². The molecular formula is C12H26O2S. The maximum Gasteiger partial charge on any atom is 0 e. The number of unbranched alkanes of at least 4 members (excludes halogenated alkanes) is 8. The smallest absolute Gasteiger partial charge is 0 e. The van der Waals surface area contributed by atoms with E-state index < -0.39 is 0 Å². The van der Waals surface area contributed by atoms with Crippen LogP contribution in [0.1, 0.15) is 64.7 Å². The summed E-state index contributed by atoms with van der Waals surface area (Å²) < 4.78 is 0. The molecule has 0 rings (SSSR count). The molecule has 0 saturated heterocycles. The Hall–Kier alpha value is -0.0500. The molecule has 0 aliphatic heterocycles. The second-order valence-electron chi connectivity index (χ2n) is 3.82. The third-order valence-corrected chi connectivity index (χ3v) is 3.15. The second kappa shape index (κ2) is 19.5. The summed E-state index contributed by atoms with van der Waals surface area (Å²) in [5.74, 6) is 1.36. The van der Waals surface area contributed by atoms with Crippen LogP contribution in [0.5, 0.6) is 0 Å². The SMILES string of the molecule is CCCCCCCCCCCSC.O=O. The molecule has 0 aliphatic carbocycles. The van der Waals surface area contributed by atoms with E-state index >= 15 is 0 Å². The van der Waals surface area contributed by atoms with Crippen LogP contribution in [0, 0.1) is 9.93 Å². The molecule has 0 aromatic rings. The predicted molar refractivity (Wildman–Crippen MR) is 72.3 cm³/mol. The Balaban J connectivity index is 0. The van der Waals surface area contributed by atoms with Crippen molar-refractivity contribution in [2.75, 3.05) is 12.0 Å². The van der Waals surface area contributed by atoms with Crippen LogP contribution < -0.4 is 0 Å². The number of rotatable bonds is 10. The molecule has 0 fully saturated rings. The fraction of sp³-hybridized carbons (Fsp3) is 1.00. The Morgan fingerprint density at radius 3 is 1.53 bits per heavy atom. The van der Waals surface area contributed by atoms with E-state index in [2.05, 4.69) is 13.2 Å². The Morgan fingerprint density at radius 2 is 1.13 bits per heavy atom. The molecule has 0 N–H and O–H groups in total. The first-order chi connectivity index (χ1) is 7.41. The van der Waals surface area contributed by atoms with E-state index in [1.54, 1.807) is 0 Å². The maximum atomic E-state index is 7.00.